The predicted molar refractivity (Wildman–Crippen MR) is 167 cm³/mol. The van der Waals surface area contributed by atoms with Crippen molar-refractivity contribution in [3.8, 4) is 5.75 Å². The molecule has 1 aliphatic carbocycles. The second-order valence-corrected chi connectivity index (χ2v) is 11.3. The maximum Gasteiger partial charge on any atom is 0.488 e. The van der Waals surface area contributed by atoms with E-state index < -0.39 is 49.4 Å². The molecule has 0 aromatic heterocycles. The molecule has 0 radical (unpaired) electrons. The van der Waals surface area contributed by atoms with Crippen LogP contribution in [0.25, 0.3) is 11.6 Å². The SMILES string of the molecule is COCC1=C([C@H](O)CC/C(=C/c2ccc(O)cc2)c2ccccc2)[C@H](CO)[C@@H]2C(=O)N(c3cccc(B(O)O)c3)C(=O)[C@@H]2C1. The van der Waals surface area contributed by atoms with Crippen molar-refractivity contribution in [1.82, 2.24) is 0 Å². The number of rotatable bonds is 11. The highest BCUT2D eigenvalue weighted by Gasteiger charge is 2.55. The molecule has 5 N–H and O–H groups in total. The lowest BCUT2D eigenvalue weighted by molar-refractivity contribution is -0.123. The van der Waals surface area contributed by atoms with Crippen LogP contribution in [0.3, 0.4) is 0 Å². The zero-order chi connectivity index (χ0) is 31.4. The number of allylic oxidation sites excluding steroid dienone is 1. The lowest BCUT2D eigenvalue weighted by Crippen LogP contribution is -2.39. The summed E-state index contributed by atoms with van der Waals surface area (Å²) in [4.78, 5) is 28.5. The minimum atomic E-state index is -1.77. The summed E-state index contributed by atoms with van der Waals surface area (Å²) in [6.07, 6.45) is 1.94. The number of hydrogen-bond donors (Lipinski definition) is 5. The van der Waals surface area contributed by atoms with Gasteiger partial charge in [-0.1, -0.05) is 60.7 Å². The van der Waals surface area contributed by atoms with Crippen LogP contribution in [-0.2, 0) is 14.3 Å². The lowest BCUT2D eigenvalue weighted by Gasteiger charge is -2.36. The van der Waals surface area contributed by atoms with Gasteiger partial charge >= 0.3 is 7.12 Å². The molecule has 228 valence electrons. The number of hydrogen-bond acceptors (Lipinski definition) is 8. The summed E-state index contributed by atoms with van der Waals surface area (Å²) in [6, 6.07) is 22.6. The van der Waals surface area contributed by atoms with Crippen molar-refractivity contribution in [2.24, 2.45) is 17.8 Å². The Morgan fingerprint density at radius 1 is 1.02 bits per heavy atom. The molecule has 44 heavy (non-hydrogen) atoms. The third-order valence-electron chi connectivity index (χ3n) is 8.55. The summed E-state index contributed by atoms with van der Waals surface area (Å²) >= 11 is 0. The van der Waals surface area contributed by atoms with Crippen LogP contribution in [0.5, 0.6) is 5.75 Å². The normalized spacial score (nSPS) is 21.1. The molecule has 2 amide bonds. The van der Waals surface area contributed by atoms with Gasteiger partial charge in [0, 0.05) is 13.0 Å². The van der Waals surface area contributed by atoms with Gasteiger partial charge in [0.15, 0.2) is 0 Å². The number of aliphatic hydroxyl groups excluding tert-OH is 2. The van der Waals surface area contributed by atoms with Crippen LogP contribution in [0.2, 0.25) is 0 Å². The van der Waals surface area contributed by atoms with Crippen LogP contribution in [0, 0.1) is 17.8 Å². The predicted octanol–water partition coefficient (Wildman–Crippen LogP) is 2.51. The number of aromatic hydroxyl groups is 1. The number of nitrogens with zero attached hydrogens (tertiary/aromatic N) is 1. The Morgan fingerprint density at radius 3 is 2.41 bits per heavy atom. The average molecular weight is 597 g/mol. The van der Waals surface area contributed by atoms with Crippen molar-refractivity contribution < 1.29 is 39.7 Å². The van der Waals surface area contributed by atoms with E-state index in [1.54, 1.807) is 18.2 Å². The molecule has 0 bridgehead atoms. The Hall–Kier alpha value is -4.06. The molecule has 10 heteroatoms. The topological polar surface area (TPSA) is 148 Å². The molecule has 0 unspecified atom stereocenters. The average Bonchev–Trinajstić information content (AvgIpc) is 3.28. The molecule has 3 aromatic carbocycles. The Morgan fingerprint density at radius 2 is 1.75 bits per heavy atom. The highest BCUT2D eigenvalue weighted by Crippen LogP contribution is 2.47. The van der Waals surface area contributed by atoms with Crippen molar-refractivity contribution in [2.75, 3.05) is 25.2 Å². The van der Waals surface area contributed by atoms with Gasteiger partial charge < -0.3 is 30.1 Å². The maximum atomic E-state index is 13.8. The van der Waals surface area contributed by atoms with E-state index in [4.69, 9.17) is 4.74 Å². The maximum absolute atomic E-state index is 13.8. The highest BCUT2D eigenvalue weighted by molar-refractivity contribution is 6.58. The number of amides is 2. The molecule has 1 fully saturated rings. The van der Waals surface area contributed by atoms with Crippen LogP contribution >= 0.6 is 0 Å². The number of benzene rings is 3. The first kappa shape index (κ1) is 31.4. The monoisotopic (exact) mass is 597 g/mol. The largest absolute Gasteiger partial charge is 0.508 e. The van der Waals surface area contributed by atoms with Crippen LogP contribution in [0.1, 0.15) is 30.4 Å². The summed E-state index contributed by atoms with van der Waals surface area (Å²) in [5.41, 5.74) is 4.39. The van der Waals surface area contributed by atoms with Crippen LogP contribution in [-0.4, -0.2) is 70.7 Å². The molecule has 4 atom stereocenters. The number of imide groups is 1. The number of carbonyl (C=O) groups excluding carboxylic acids is 2. The van der Waals surface area contributed by atoms with Crippen molar-refractivity contribution in [3.63, 3.8) is 0 Å². The molecule has 0 spiro atoms. The number of anilines is 1. The summed E-state index contributed by atoms with van der Waals surface area (Å²) in [7, 11) is -0.249. The molecular weight excluding hydrogens is 561 g/mol. The number of aliphatic hydroxyl groups is 2. The minimum Gasteiger partial charge on any atom is -0.508 e. The molecule has 5 rings (SSSR count). The van der Waals surface area contributed by atoms with E-state index in [2.05, 4.69) is 0 Å². The number of fused-ring (bicyclic) bond motifs is 1. The first-order valence-corrected chi connectivity index (χ1v) is 14.6. The summed E-state index contributed by atoms with van der Waals surface area (Å²) in [5, 5.41) is 51.3. The Labute approximate surface area is 256 Å². The van der Waals surface area contributed by atoms with Gasteiger partial charge in [0.05, 0.1) is 36.8 Å². The Bertz CT molecular complexity index is 1550. The van der Waals surface area contributed by atoms with Gasteiger partial charge in [-0.3, -0.25) is 14.5 Å². The van der Waals surface area contributed by atoms with Gasteiger partial charge in [0.2, 0.25) is 11.8 Å². The number of ether oxygens (including phenoxy) is 1. The number of phenols is 1. The van der Waals surface area contributed by atoms with Crippen molar-refractivity contribution in [2.45, 2.75) is 25.4 Å². The standard InChI is InChI=1S/C34H36BNO8/c1-44-20-24-17-28-32(34(41)36(33(28)40)26-9-5-8-25(18-26)35(42)43)29(19-37)31(24)30(39)15-12-23(22-6-3-2-4-7-22)16-21-10-13-27(38)14-11-21/h2-11,13-14,16,18,28-30,32,37-39,42-43H,12,15,17,19-20H2,1H3/b23-16-/t28-,29+,30-,32-/m1/s1. The third kappa shape index (κ3) is 6.40. The van der Waals surface area contributed by atoms with Crippen molar-refractivity contribution >= 4 is 41.7 Å². The van der Waals surface area contributed by atoms with E-state index in [1.807, 2.05) is 48.5 Å². The van der Waals surface area contributed by atoms with Gasteiger partial charge in [0.25, 0.3) is 0 Å². The second kappa shape index (κ2) is 13.7. The fraction of sp³-hybridized carbons (Fsp3) is 0.294. The van der Waals surface area contributed by atoms with Crippen molar-refractivity contribution in [1.29, 1.82) is 0 Å². The molecule has 0 saturated carbocycles. The second-order valence-electron chi connectivity index (χ2n) is 11.3. The Balaban J connectivity index is 1.44. The summed E-state index contributed by atoms with van der Waals surface area (Å²) in [6.45, 7) is -0.313. The van der Waals surface area contributed by atoms with E-state index in [-0.39, 0.29) is 36.3 Å². The quantitative estimate of drug-likeness (QED) is 0.0981. The highest BCUT2D eigenvalue weighted by atomic mass is 16.5. The summed E-state index contributed by atoms with van der Waals surface area (Å²) in [5.74, 6) is -3.21. The van der Waals surface area contributed by atoms with E-state index in [1.165, 1.54) is 25.3 Å². The van der Waals surface area contributed by atoms with Crippen LogP contribution in [0.15, 0.2) is 90.0 Å². The first-order valence-electron chi connectivity index (χ1n) is 14.6. The van der Waals surface area contributed by atoms with Gasteiger partial charge in [-0.2, -0.15) is 0 Å². The van der Waals surface area contributed by atoms with Gasteiger partial charge in [-0.25, -0.2) is 0 Å². The molecular formula is C34H36BNO8. The number of carbonyl (C=O) groups is 2. The zero-order valence-electron chi connectivity index (χ0n) is 24.4. The van der Waals surface area contributed by atoms with Crippen LogP contribution in [0.4, 0.5) is 5.69 Å². The number of phenolic OH excluding ortho intramolecular Hbond substituents is 1. The van der Waals surface area contributed by atoms with Crippen LogP contribution < -0.4 is 10.4 Å². The molecule has 1 aliphatic heterocycles. The van der Waals surface area contributed by atoms with Gasteiger partial charge in [-0.05, 0) is 76.8 Å². The first-order chi connectivity index (χ1) is 21.2. The molecule has 1 saturated heterocycles. The molecule has 3 aromatic rings. The van der Waals surface area contributed by atoms with E-state index in [0.717, 1.165) is 21.6 Å². The fourth-order valence-corrected chi connectivity index (χ4v) is 6.52. The number of methoxy groups -OCH3 is 1. The smallest absolute Gasteiger partial charge is 0.488 e. The fourth-order valence-electron chi connectivity index (χ4n) is 6.52. The summed E-state index contributed by atoms with van der Waals surface area (Å²) < 4.78 is 5.45. The van der Waals surface area contributed by atoms with Crippen molar-refractivity contribution in [3.05, 3.63) is 101 Å². The zero-order valence-corrected chi connectivity index (χ0v) is 24.4. The van der Waals surface area contributed by atoms with E-state index in [0.29, 0.717) is 17.6 Å². The van der Waals surface area contributed by atoms with Gasteiger partial charge in [-0.15, -0.1) is 0 Å². The lowest BCUT2D eigenvalue weighted by atomic mass is 9.68. The Kier molecular flexibility index (Phi) is 9.78. The van der Waals surface area contributed by atoms with Gasteiger partial charge in [0.1, 0.15) is 5.75 Å². The minimum absolute atomic E-state index is 0.134. The molecule has 1 heterocycles. The van der Waals surface area contributed by atoms with E-state index in [9.17, 15) is 35.0 Å². The third-order valence-corrected chi connectivity index (χ3v) is 8.55. The molecule has 2 aliphatic rings. The van der Waals surface area contributed by atoms with E-state index >= 15 is 0 Å². The molecule has 9 nitrogen and oxygen atoms in total.